The molecule has 1 N–H and O–H groups in total. The van der Waals surface area contributed by atoms with E-state index in [-0.39, 0.29) is 25.0 Å². The summed E-state index contributed by atoms with van der Waals surface area (Å²) in [6, 6.07) is 7.94. The molecule has 30 heavy (non-hydrogen) atoms. The van der Waals surface area contributed by atoms with E-state index in [1.807, 2.05) is 20.8 Å². The number of benzene rings is 2. The number of aryl methyl sites for hydroxylation is 2. The molecule has 2 aromatic carbocycles. The van der Waals surface area contributed by atoms with E-state index in [1.54, 1.807) is 37.4 Å². The monoisotopic (exact) mass is 470 g/mol. The van der Waals surface area contributed by atoms with Crippen molar-refractivity contribution in [1.29, 1.82) is 0 Å². The number of nitrogens with one attached hydrogen (secondary N) is 1. The van der Waals surface area contributed by atoms with Gasteiger partial charge in [0.05, 0.1) is 0 Å². The van der Waals surface area contributed by atoms with Gasteiger partial charge in [-0.25, -0.2) is 0 Å². The number of carbonyl (C=O) groups is 2. The molecule has 5 nitrogen and oxygen atoms in total. The molecule has 0 spiro atoms. The number of halogens is 3. The molecule has 0 heterocycles. The predicted molar refractivity (Wildman–Crippen MR) is 122 cm³/mol. The molecule has 2 aromatic rings. The minimum atomic E-state index is -0.661. The molecule has 0 bridgehead atoms. The molecule has 0 fully saturated rings. The molecule has 8 heteroatoms. The molecular formula is C22H25Cl3N2O3. The van der Waals surface area contributed by atoms with Crippen LogP contribution in [0, 0.1) is 13.8 Å². The molecule has 0 aliphatic carbocycles. The maximum absolute atomic E-state index is 13.1. The molecular weight excluding hydrogens is 447 g/mol. The molecule has 0 saturated carbocycles. The van der Waals surface area contributed by atoms with Gasteiger partial charge in [-0.3, -0.25) is 9.59 Å². The minimum Gasteiger partial charge on any atom is -0.484 e. The first kappa shape index (κ1) is 24.3. The van der Waals surface area contributed by atoms with Gasteiger partial charge in [0.2, 0.25) is 5.91 Å². The third kappa shape index (κ3) is 6.03. The van der Waals surface area contributed by atoms with Crippen molar-refractivity contribution in [2.45, 2.75) is 39.8 Å². The average molecular weight is 472 g/mol. The Hall–Kier alpha value is -1.95. The summed E-state index contributed by atoms with van der Waals surface area (Å²) >= 11 is 18.5. The van der Waals surface area contributed by atoms with Crippen LogP contribution in [0.1, 0.15) is 30.0 Å². The summed E-state index contributed by atoms with van der Waals surface area (Å²) in [6.45, 7) is 5.52. The first-order valence-electron chi connectivity index (χ1n) is 9.52. The third-order valence-corrected chi connectivity index (χ3v) is 5.94. The lowest BCUT2D eigenvalue weighted by molar-refractivity contribution is -0.142. The Morgan fingerprint density at radius 3 is 2.27 bits per heavy atom. The van der Waals surface area contributed by atoms with Crippen molar-refractivity contribution >= 4 is 46.6 Å². The zero-order chi connectivity index (χ0) is 22.4. The van der Waals surface area contributed by atoms with Crippen LogP contribution in [0.15, 0.2) is 30.3 Å². The molecule has 0 aromatic heterocycles. The van der Waals surface area contributed by atoms with E-state index >= 15 is 0 Å². The van der Waals surface area contributed by atoms with E-state index < -0.39 is 6.04 Å². The Morgan fingerprint density at radius 2 is 1.73 bits per heavy atom. The van der Waals surface area contributed by atoms with Crippen LogP contribution in [0.4, 0.5) is 0 Å². The van der Waals surface area contributed by atoms with Crippen molar-refractivity contribution in [3.05, 3.63) is 62.1 Å². The van der Waals surface area contributed by atoms with Gasteiger partial charge >= 0.3 is 0 Å². The molecule has 0 aliphatic heterocycles. The van der Waals surface area contributed by atoms with Crippen LogP contribution >= 0.6 is 34.8 Å². The Kier molecular flexibility index (Phi) is 8.83. The van der Waals surface area contributed by atoms with Gasteiger partial charge in [0.25, 0.3) is 5.91 Å². The molecule has 0 aliphatic rings. The standard InChI is InChI=1S/C22H25Cl3N2O3/c1-5-19(22(29)26-4)27(11-15-6-7-16(23)10-18(15)24)20(28)12-30-17-8-13(2)21(25)14(3)9-17/h6-10,19H,5,11-12H2,1-4H3,(H,26,29)/t19-/m1/s1. The quantitative estimate of drug-likeness (QED) is 0.576. The lowest BCUT2D eigenvalue weighted by Crippen LogP contribution is -2.49. The van der Waals surface area contributed by atoms with Crippen molar-refractivity contribution in [3.8, 4) is 5.75 Å². The van der Waals surface area contributed by atoms with Crippen LogP contribution in [0.3, 0.4) is 0 Å². The van der Waals surface area contributed by atoms with Crippen LogP contribution in [-0.2, 0) is 16.1 Å². The molecule has 0 saturated heterocycles. The Morgan fingerprint density at radius 1 is 1.10 bits per heavy atom. The molecule has 1 atom stereocenters. The summed E-state index contributed by atoms with van der Waals surface area (Å²) in [4.78, 5) is 27.0. The summed E-state index contributed by atoms with van der Waals surface area (Å²) in [5.41, 5.74) is 2.41. The molecule has 2 rings (SSSR count). The third-order valence-electron chi connectivity index (χ3n) is 4.76. The van der Waals surface area contributed by atoms with Crippen molar-refractivity contribution in [3.63, 3.8) is 0 Å². The number of rotatable bonds is 8. The Balaban J connectivity index is 2.26. The SMILES string of the molecule is CC[C@H](C(=O)NC)N(Cc1ccc(Cl)cc1Cl)C(=O)COc1cc(C)c(Cl)c(C)c1. The van der Waals surface area contributed by atoms with Gasteiger partial charge < -0.3 is 15.0 Å². The second-order valence-corrected chi connectivity index (χ2v) is 8.18. The largest absolute Gasteiger partial charge is 0.484 e. The fourth-order valence-electron chi connectivity index (χ4n) is 3.14. The number of likely N-dealkylation sites (N-methyl/N-ethyl adjacent to an activating group) is 1. The molecule has 2 amide bonds. The van der Waals surface area contributed by atoms with E-state index in [1.165, 1.54) is 4.90 Å². The summed E-state index contributed by atoms with van der Waals surface area (Å²) < 4.78 is 5.72. The molecule has 0 radical (unpaired) electrons. The van der Waals surface area contributed by atoms with E-state index in [0.29, 0.717) is 32.8 Å². The molecule has 0 unspecified atom stereocenters. The van der Waals surface area contributed by atoms with Gasteiger partial charge in [-0.1, -0.05) is 47.8 Å². The second-order valence-electron chi connectivity index (χ2n) is 6.96. The lowest BCUT2D eigenvalue weighted by Gasteiger charge is -2.30. The van der Waals surface area contributed by atoms with Crippen molar-refractivity contribution in [2.75, 3.05) is 13.7 Å². The van der Waals surface area contributed by atoms with Crippen LogP contribution < -0.4 is 10.1 Å². The highest BCUT2D eigenvalue weighted by molar-refractivity contribution is 6.35. The topological polar surface area (TPSA) is 58.6 Å². The van der Waals surface area contributed by atoms with Gasteiger partial charge in [-0.05, 0) is 61.2 Å². The number of hydrogen-bond donors (Lipinski definition) is 1. The van der Waals surface area contributed by atoms with E-state index in [4.69, 9.17) is 39.5 Å². The zero-order valence-electron chi connectivity index (χ0n) is 17.4. The van der Waals surface area contributed by atoms with Crippen molar-refractivity contribution < 1.29 is 14.3 Å². The zero-order valence-corrected chi connectivity index (χ0v) is 19.7. The van der Waals surface area contributed by atoms with Gasteiger partial charge in [-0.2, -0.15) is 0 Å². The number of carbonyl (C=O) groups excluding carboxylic acids is 2. The highest BCUT2D eigenvalue weighted by atomic mass is 35.5. The van der Waals surface area contributed by atoms with E-state index in [0.717, 1.165) is 11.1 Å². The maximum Gasteiger partial charge on any atom is 0.261 e. The van der Waals surface area contributed by atoms with E-state index in [9.17, 15) is 9.59 Å². The average Bonchev–Trinajstić information content (AvgIpc) is 2.71. The van der Waals surface area contributed by atoms with Gasteiger partial charge in [0.15, 0.2) is 6.61 Å². The van der Waals surface area contributed by atoms with Gasteiger partial charge in [-0.15, -0.1) is 0 Å². The van der Waals surface area contributed by atoms with Crippen molar-refractivity contribution in [1.82, 2.24) is 10.2 Å². The smallest absolute Gasteiger partial charge is 0.261 e. The summed E-state index contributed by atoms with van der Waals surface area (Å²) in [5.74, 6) is -0.0453. The van der Waals surface area contributed by atoms with Gasteiger partial charge in [0.1, 0.15) is 11.8 Å². The van der Waals surface area contributed by atoms with Crippen LogP contribution in [0.5, 0.6) is 5.75 Å². The first-order valence-corrected chi connectivity index (χ1v) is 10.7. The van der Waals surface area contributed by atoms with Gasteiger partial charge in [0, 0.05) is 28.7 Å². The summed E-state index contributed by atoms with van der Waals surface area (Å²) in [7, 11) is 1.54. The number of nitrogens with zero attached hydrogens (tertiary/aromatic N) is 1. The Bertz CT molecular complexity index is 911. The lowest BCUT2D eigenvalue weighted by atomic mass is 10.1. The maximum atomic E-state index is 13.1. The van der Waals surface area contributed by atoms with E-state index in [2.05, 4.69) is 5.32 Å². The number of hydrogen-bond acceptors (Lipinski definition) is 3. The van der Waals surface area contributed by atoms with Crippen molar-refractivity contribution in [2.24, 2.45) is 0 Å². The summed E-state index contributed by atoms with van der Waals surface area (Å²) in [5, 5.41) is 4.20. The summed E-state index contributed by atoms with van der Waals surface area (Å²) in [6.07, 6.45) is 0.440. The van der Waals surface area contributed by atoms with Crippen LogP contribution in [-0.4, -0.2) is 36.4 Å². The first-order chi connectivity index (χ1) is 14.2. The number of ether oxygens (including phenoxy) is 1. The highest BCUT2D eigenvalue weighted by Gasteiger charge is 2.29. The highest BCUT2D eigenvalue weighted by Crippen LogP contribution is 2.27. The molecule has 162 valence electrons. The minimum absolute atomic E-state index is 0.156. The van der Waals surface area contributed by atoms with Crippen LogP contribution in [0.25, 0.3) is 0 Å². The number of amides is 2. The Labute approximate surface area is 192 Å². The fraction of sp³-hybridized carbons (Fsp3) is 0.364. The second kappa shape index (κ2) is 10.9. The fourth-order valence-corrected chi connectivity index (χ4v) is 3.71. The predicted octanol–water partition coefficient (Wildman–Crippen LogP) is 5.20. The normalized spacial score (nSPS) is 11.7. The van der Waals surface area contributed by atoms with Crippen LogP contribution in [0.2, 0.25) is 15.1 Å².